The molecule has 20 heavy (non-hydrogen) atoms. The van der Waals surface area contributed by atoms with E-state index >= 15 is 0 Å². The Balaban J connectivity index is 2.28. The zero-order valence-electron chi connectivity index (χ0n) is 10.6. The van der Waals surface area contributed by atoms with Crippen molar-refractivity contribution in [2.75, 3.05) is 7.11 Å². The molecule has 0 unspecified atom stereocenters. The average molecular weight is 359 g/mol. The van der Waals surface area contributed by atoms with Crippen LogP contribution in [0.15, 0.2) is 51.8 Å². The summed E-state index contributed by atoms with van der Waals surface area (Å²) in [4.78, 5) is 0.205. The molecule has 0 aliphatic heterocycles. The van der Waals surface area contributed by atoms with Crippen LogP contribution in [0, 0.1) is 5.82 Å². The van der Waals surface area contributed by atoms with Crippen LogP contribution >= 0.6 is 15.9 Å². The zero-order valence-corrected chi connectivity index (χ0v) is 13.0. The summed E-state index contributed by atoms with van der Waals surface area (Å²) in [6, 6.07) is 10.5. The molecule has 0 saturated carbocycles. The normalized spacial score (nSPS) is 11.3. The van der Waals surface area contributed by atoms with E-state index in [1.807, 2.05) is 0 Å². The van der Waals surface area contributed by atoms with Gasteiger partial charge in [-0.3, -0.25) is 0 Å². The molecule has 0 fully saturated rings. The van der Waals surface area contributed by atoms with Crippen LogP contribution in [0.3, 0.4) is 0 Å². The van der Waals surface area contributed by atoms with Gasteiger partial charge in [-0.15, -0.1) is 0 Å². The van der Waals surface area contributed by atoms with Gasteiger partial charge in [0.15, 0.2) is 21.4 Å². The second-order valence-corrected chi connectivity index (χ2v) is 7.09. The van der Waals surface area contributed by atoms with Crippen LogP contribution in [0.4, 0.5) is 4.39 Å². The van der Waals surface area contributed by atoms with E-state index in [1.54, 1.807) is 18.2 Å². The number of methoxy groups -OCH3 is 1. The van der Waals surface area contributed by atoms with Gasteiger partial charge >= 0.3 is 0 Å². The van der Waals surface area contributed by atoms with Crippen molar-refractivity contribution in [1.82, 2.24) is 0 Å². The van der Waals surface area contributed by atoms with Crippen LogP contribution in [-0.2, 0) is 15.6 Å². The first-order valence-corrected chi connectivity index (χ1v) is 8.17. The van der Waals surface area contributed by atoms with E-state index in [-0.39, 0.29) is 16.4 Å². The van der Waals surface area contributed by atoms with Gasteiger partial charge in [0.05, 0.1) is 17.8 Å². The Morgan fingerprint density at radius 3 is 2.35 bits per heavy atom. The predicted molar refractivity (Wildman–Crippen MR) is 78.0 cm³/mol. The Hall–Kier alpha value is -1.40. The molecule has 0 atom stereocenters. The van der Waals surface area contributed by atoms with Crippen molar-refractivity contribution in [2.24, 2.45) is 0 Å². The maximum absolute atomic E-state index is 13.6. The lowest BCUT2D eigenvalue weighted by Crippen LogP contribution is -2.05. The Labute approximate surface area is 125 Å². The monoisotopic (exact) mass is 358 g/mol. The minimum atomic E-state index is -3.49. The summed E-state index contributed by atoms with van der Waals surface area (Å²) in [5.41, 5.74) is 0.381. The van der Waals surface area contributed by atoms with E-state index in [1.165, 1.54) is 31.4 Å². The molecule has 0 spiro atoms. The van der Waals surface area contributed by atoms with Gasteiger partial charge < -0.3 is 4.74 Å². The molecule has 0 heterocycles. The van der Waals surface area contributed by atoms with Gasteiger partial charge in [-0.05, 0) is 42.0 Å². The molecule has 2 aromatic rings. The first kappa shape index (κ1) is 15.0. The zero-order chi connectivity index (χ0) is 14.8. The molecule has 2 aromatic carbocycles. The molecule has 0 aliphatic carbocycles. The fourth-order valence-corrected chi connectivity index (χ4v) is 3.34. The lowest BCUT2D eigenvalue weighted by molar-refractivity contribution is 0.386. The van der Waals surface area contributed by atoms with Gasteiger partial charge in [-0.25, -0.2) is 12.8 Å². The van der Waals surface area contributed by atoms with Crippen molar-refractivity contribution in [3.05, 3.63) is 58.3 Å². The molecule has 3 nitrogen and oxygen atoms in total. The highest BCUT2D eigenvalue weighted by molar-refractivity contribution is 9.10. The highest BCUT2D eigenvalue weighted by Gasteiger charge is 2.16. The number of sulfone groups is 1. The molecule has 0 amide bonds. The summed E-state index contributed by atoms with van der Waals surface area (Å²) in [6.07, 6.45) is 0. The van der Waals surface area contributed by atoms with Crippen LogP contribution in [0.5, 0.6) is 5.75 Å². The van der Waals surface area contributed by atoms with Crippen molar-refractivity contribution in [3.63, 3.8) is 0 Å². The summed E-state index contributed by atoms with van der Waals surface area (Å²) >= 11 is 3.25. The van der Waals surface area contributed by atoms with Gasteiger partial charge in [0.1, 0.15) is 0 Å². The summed E-state index contributed by atoms with van der Waals surface area (Å²) in [6.45, 7) is 0. The Morgan fingerprint density at radius 2 is 1.80 bits per heavy atom. The Morgan fingerprint density at radius 1 is 1.15 bits per heavy atom. The Kier molecular flexibility index (Phi) is 4.45. The van der Waals surface area contributed by atoms with E-state index < -0.39 is 15.7 Å². The standard InChI is InChI=1S/C14H12BrFO3S/c1-19-14-7-2-10(8-13(14)16)9-20(17,18)12-5-3-11(15)4-6-12/h2-8H,9H2,1H3. The molecule has 0 N–H and O–H groups in total. The number of benzene rings is 2. The highest BCUT2D eigenvalue weighted by Crippen LogP contribution is 2.22. The van der Waals surface area contributed by atoms with Crippen molar-refractivity contribution in [3.8, 4) is 5.75 Å². The molecule has 0 radical (unpaired) electrons. The van der Waals surface area contributed by atoms with Crippen LogP contribution in [-0.4, -0.2) is 15.5 Å². The number of hydrogen-bond donors (Lipinski definition) is 0. The summed E-state index contributed by atoms with van der Waals surface area (Å²) < 4.78 is 43.6. The van der Waals surface area contributed by atoms with Gasteiger partial charge in [-0.2, -0.15) is 0 Å². The molecule has 2 rings (SSSR count). The third-order valence-corrected chi connectivity index (χ3v) is 4.98. The lowest BCUT2D eigenvalue weighted by Gasteiger charge is -2.07. The molecule has 0 saturated heterocycles. The molecule has 106 valence electrons. The molecule has 0 aromatic heterocycles. The molecule has 6 heteroatoms. The molecule has 0 aliphatic rings. The van der Waals surface area contributed by atoms with E-state index in [4.69, 9.17) is 4.74 Å². The average Bonchev–Trinajstić information content (AvgIpc) is 2.39. The predicted octanol–water partition coefficient (Wildman–Crippen LogP) is 3.57. The molecular weight excluding hydrogens is 347 g/mol. The second kappa shape index (κ2) is 5.93. The summed E-state index contributed by atoms with van der Waals surface area (Å²) in [5.74, 6) is -0.735. The lowest BCUT2D eigenvalue weighted by atomic mass is 10.2. The van der Waals surface area contributed by atoms with Gasteiger partial charge in [-0.1, -0.05) is 22.0 Å². The summed E-state index contributed by atoms with van der Waals surface area (Å²) in [5, 5.41) is 0. The van der Waals surface area contributed by atoms with E-state index in [0.29, 0.717) is 5.56 Å². The number of hydrogen-bond acceptors (Lipinski definition) is 3. The minimum Gasteiger partial charge on any atom is -0.494 e. The maximum Gasteiger partial charge on any atom is 0.182 e. The van der Waals surface area contributed by atoms with Gasteiger partial charge in [0.25, 0.3) is 0 Å². The first-order valence-electron chi connectivity index (χ1n) is 5.73. The fourth-order valence-electron chi connectivity index (χ4n) is 1.74. The van der Waals surface area contributed by atoms with Crippen molar-refractivity contribution >= 4 is 25.8 Å². The Bertz CT molecular complexity index is 712. The fraction of sp³-hybridized carbons (Fsp3) is 0.143. The second-order valence-electron chi connectivity index (χ2n) is 4.18. The van der Waals surface area contributed by atoms with Crippen LogP contribution in [0.25, 0.3) is 0 Å². The number of ether oxygens (including phenoxy) is 1. The highest BCUT2D eigenvalue weighted by atomic mass is 79.9. The number of halogens is 2. The maximum atomic E-state index is 13.6. The topological polar surface area (TPSA) is 43.4 Å². The van der Waals surface area contributed by atoms with Crippen LogP contribution in [0.1, 0.15) is 5.56 Å². The van der Waals surface area contributed by atoms with Crippen LogP contribution < -0.4 is 4.74 Å². The largest absolute Gasteiger partial charge is 0.494 e. The minimum absolute atomic E-state index is 0.0924. The first-order chi connectivity index (χ1) is 9.42. The summed E-state index contributed by atoms with van der Waals surface area (Å²) in [7, 11) is -2.14. The molecular formula is C14H12BrFO3S. The van der Waals surface area contributed by atoms with E-state index in [9.17, 15) is 12.8 Å². The number of rotatable bonds is 4. The van der Waals surface area contributed by atoms with E-state index in [2.05, 4.69) is 15.9 Å². The quantitative estimate of drug-likeness (QED) is 0.838. The molecule has 0 bridgehead atoms. The third kappa shape index (κ3) is 3.37. The van der Waals surface area contributed by atoms with Gasteiger partial charge in [0.2, 0.25) is 0 Å². The van der Waals surface area contributed by atoms with Crippen molar-refractivity contribution < 1.29 is 17.5 Å². The van der Waals surface area contributed by atoms with Crippen molar-refractivity contribution in [1.29, 1.82) is 0 Å². The van der Waals surface area contributed by atoms with E-state index in [0.717, 1.165) is 4.47 Å². The van der Waals surface area contributed by atoms with Gasteiger partial charge in [0, 0.05) is 4.47 Å². The smallest absolute Gasteiger partial charge is 0.182 e. The third-order valence-electron chi connectivity index (χ3n) is 2.75. The SMILES string of the molecule is COc1ccc(CS(=O)(=O)c2ccc(Br)cc2)cc1F. The van der Waals surface area contributed by atoms with Crippen LogP contribution in [0.2, 0.25) is 0 Å². The van der Waals surface area contributed by atoms with Crippen molar-refractivity contribution in [2.45, 2.75) is 10.6 Å².